The Morgan fingerprint density at radius 1 is 0.762 bits per heavy atom. The highest BCUT2D eigenvalue weighted by Crippen LogP contribution is 2.45. The molecule has 112 valence electrons. The van der Waals surface area contributed by atoms with Gasteiger partial charge in [-0.25, -0.2) is 0 Å². The van der Waals surface area contributed by atoms with Gasteiger partial charge in [-0.3, -0.25) is 0 Å². The fourth-order valence-electron chi connectivity index (χ4n) is 3.05. The Morgan fingerprint density at radius 3 is 1.90 bits per heavy atom. The lowest BCUT2D eigenvalue weighted by Crippen LogP contribution is -2.02. The zero-order valence-electron chi connectivity index (χ0n) is 12.8. The maximum atomic E-state index is 10.5. The normalized spacial score (nSPS) is 10.8. The van der Waals surface area contributed by atoms with Gasteiger partial charge in [0.15, 0.2) is 11.5 Å². The van der Waals surface area contributed by atoms with Crippen molar-refractivity contribution < 1.29 is 15.3 Å². The number of aromatic hydroxyl groups is 3. The van der Waals surface area contributed by atoms with Gasteiger partial charge in [-0.05, 0) is 48.1 Å². The lowest BCUT2D eigenvalue weighted by atomic mass is 9.86. The van der Waals surface area contributed by atoms with Crippen LogP contribution in [0.2, 0.25) is 0 Å². The predicted molar refractivity (Wildman–Crippen MR) is 85.0 cm³/mol. The maximum absolute atomic E-state index is 10.5. The molecule has 0 aliphatic heterocycles. The van der Waals surface area contributed by atoms with Crippen molar-refractivity contribution in [3.8, 4) is 28.4 Å². The lowest BCUT2D eigenvalue weighted by molar-refractivity contribution is 0.399. The molecular formula is C18H22O3. The number of benzene rings is 2. The van der Waals surface area contributed by atoms with Gasteiger partial charge in [-0.15, -0.1) is 0 Å². The van der Waals surface area contributed by atoms with Crippen LogP contribution in [0.3, 0.4) is 0 Å². The quantitative estimate of drug-likeness (QED) is 0.740. The minimum Gasteiger partial charge on any atom is -0.508 e. The van der Waals surface area contributed by atoms with E-state index < -0.39 is 0 Å². The first-order valence-electron chi connectivity index (χ1n) is 7.42. The molecule has 0 amide bonds. The Labute approximate surface area is 125 Å². The largest absolute Gasteiger partial charge is 0.508 e. The van der Waals surface area contributed by atoms with Crippen LogP contribution in [0.1, 0.15) is 37.5 Å². The second kappa shape index (κ2) is 6.08. The Bertz CT molecular complexity index is 660. The van der Waals surface area contributed by atoms with Crippen molar-refractivity contribution in [1.82, 2.24) is 0 Å². The minimum absolute atomic E-state index is 0.0371. The van der Waals surface area contributed by atoms with Crippen molar-refractivity contribution in [3.63, 3.8) is 0 Å². The van der Waals surface area contributed by atoms with Gasteiger partial charge in [0.25, 0.3) is 0 Å². The average molecular weight is 286 g/mol. The van der Waals surface area contributed by atoms with E-state index in [0.717, 1.165) is 35.1 Å². The summed E-state index contributed by atoms with van der Waals surface area (Å²) in [7, 11) is 0. The molecule has 21 heavy (non-hydrogen) atoms. The summed E-state index contributed by atoms with van der Waals surface area (Å²) in [5.74, 6) is 0.0162. The van der Waals surface area contributed by atoms with Crippen LogP contribution < -0.4 is 0 Å². The summed E-state index contributed by atoms with van der Waals surface area (Å²) in [6.45, 7) is 6.06. The molecule has 0 radical (unpaired) electrons. The van der Waals surface area contributed by atoms with E-state index >= 15 is 0 Å². The molecule has 2 aromatic carbocycles. The molecule has 3 N–H and O–H groups in total. The van der Waals surface area contributed by atoms with Crippen LogP contribution in [0.15, 0.2) is 24.3 Å². The molecule has 0 saturated carbocycles. The highest BCUT2D eigenvalue weighted by Gasteiger charge is 2.21. The van der Waals surface area contributed by atoms with Gasteiger partial charge in [0.05, 0.1) is 0 Å². The first-order valence-corrected chi connectivity index (χ1v) is 7.42. The van der Waals surface area contributed by atoms with Gasteiger partial charge in [-0.1, -0.05) is 32.9 Å². The van der Waals surface area contributed by atoms with Crippen molar-refractivity contribution >= 4 is 0 Å². The molecule has 2 aromatic rings. The molecule has 0 heterocycles. The molecule has 0 saturated heterocycles. The second-order valence-electron chi connectivity index (χ2n) is 5.12. The topological polar surface area (TPSA) is 60.7 Å². The van der Waals surface area contributed by atoms with Crippen LogP contribution in [0.4, 0.5) is 0 Å². The van der Waals surface area contributed by atoms with E-state index in [9.17, 15) is 15.3 Å². The van der Waals surface area contributed by atoms with Crippen molar-refractivity contribution in [2.75, 3.05) is 0 Å². The van der Waals surface area contributed by atoms with Crippen LogP contribution in [0.25, 0.3) is 11.1 Å². The molecule has 0 fully saturated rings. The predicted octanol–water partition coefficient (Wildman–Crippen LogP) is 4.16. The van der Waals surface area contributed by atoms with Crippen molar-refractivity contribution in [2.24, 2.45) is 0 Å². The first-order chi connectivity index (χ1) is 10.0. The first kappa shape index (κ1) is 15.2. The van der Waals surface area contributed by atoms with E-state index in [1.807, 2.05) is 19.9 Å². The fraction of sp³-hybridized carbons (Fsp3) is 0.333. The summed E-state index contributed by atoms with van der Waals surface area (Å²) in [6.07, 6.45) is 2.23. The van der Waals surface area contributed by atoms with Gasteiger partial charge < -0.3 is 15.3 Å². The van der Waals surface area contributed by atoms with Gasteiger partial charge in [-0.2, -0.15) is 0 Å². The Balaban J connectivity index is 2.85. The third-order valence-electron chi connectivity index (χ3n) is 3.97. The SMILES string of the molecule is CCc1c(O)c(O)c(-c2cccc(O)c2)c(CC)c1CC. The maximum Gasteiger partial charge on any atom is 0.166 e. The average Bonchev–Trinajstić information content (AvgIpc) is 2.48. The molecule has 2 rings (SSSR count). The summed E-state index contributed by atoms with van der Waals surface area (Å²) < 4.78 is 0. The summed E-state index contributed by atoms with van der Waals surface area (Å²) in [5, 5.41) is 30.5. The third-order valence-corrected chi connectivity index (χ3v) is 3.97. The summed E-state index contributed by atoms with van der Waals surface area (Å²) in [6, 6.07) is 6.77. The molecular weight excluding hydrogens is 264 g/mol. The van der Waals surface area contributed by atoms with Crippen LogP contribution in [0.5, 0.6) is 17.2 Å². The van der Waals surface area contributed by atoms with Crippen molar-refractivity contribution in [3.05, 3.63) is 41.0 Å². The van der Waals surface area contributed by atoms with Gasteiger partial charge in [0.2, 0.25) is 0 Å². The molecule has 0 unspecified atom stereocenters. The highest BCUT2D eigenvalue weighted by atomic mass is 16.3. The monoisotopic (exact) mass is 286 g/mol. The Morgan fingerprint density at radius 2 is 1.38 bits per heavy atom. The molecule has 0 aromatic heterocycles. The van der Waals surface area contributed by atoms with Crippen LogP contribution in [-0.2, 0) is 19.3 Å². The van der Waals surface area contributed by atoms with Crippen LogP contribution in [0, 0.1) is 0 Å². The van der Waals surface area contributed by atoms with E-state index in [0.29, 0.717) is 12.0 Å². The van der Waals surface area contributed by atoms with Crippen LogP contribution in [-0.4, -0.2) is 15.3 Å². The Kier molecular flexibility index (Phi) is 4.41. The van der Waals surface area contributed by atoms with E-state index in [1.54, 1.807) is 18.2 Å². The third kappa shape index (κ3) is 2.56. The molecule has 0 spiro atoms. The zero-order valence-corrected chi connectivity index (χ0v) is 12.8. The van der Waals surface area contributed by atoms with Gasteiger partial charge in [0.1, 0.15) is 5.75 Å². The van der Waals surface area contributed by atoms with Gasteiger partial charge >= 0.3 is 0 Å². The molecule has 0 atom stereocenters. The lowest BCUT2D eigenvalue weighted by Gasteiger charge is -2.20. The molecule has 0 bridgehead atoms. The Hall–Kier alpha value is -2.16. The summed E-state index contributed by atoms with van der Waals surface area (Å²) in [4.78, 5) is 0. The number of rotatable bonds is 4. The minimum atomic E-state index is -0.0912. The van der Waals surface area contributed by atoms with Gasteiger partial charge in [0, 0.05) is 11.1 Å². The molecule has 0 aliphatic carbocycles. The van der Waals surface area contributed by atoms with E-state index in [1.165, 1.54) is 0 Å². The van der Waals surface area contributed by atoms with E-state index in [4.69, 9.17) is 0 Å². The number of phenols is 3. The van der Waals surface area contributed by atoms with Crippen molar-refractivity contribution in [1.29, 1.82) is 0 Å². The second-order valence-corrected chi connectivity index (χ2v) is 5.12. The van der Waals surface area contributed by atoms with E-state index in [-0.39, 0.29) is 17.2 Å². The molecule has 3 heteroatoms. The smallest absolute Gasteiger partial charge is 0.166 e. The zero-order chi connectivity index (χ0) is 15.6. The summed E-state index contributed by atoms with van der Waals surface area (Å²) in [5.41, 5.74) is 4.29. The fourth-order valence-corrected chi connectivity index (χ4v) is 3.05. The molecule has 0 aliphatic rings. The standard InChI is InChI=1S/C18H22O3/c1-4-13-14(5-2)16(11-8-7-9-12(19)10-11)18(21)17(20)15(13)6-3/h7-10,19-21H,4-6H2,1-3H3. The molecule has 3 nitrogen and oxygen atoms in total. The number of hydrogen-bond acceptors (Lipinski definition) is 3. The van der Waals surface area contributed by atoms with E-state index in [2.05, 4.69) is 6.92 Å². The highest BCUT2D eigenvalue weighted by molar-refractivity contribution is 5.80. The van der Waals surface area contributed by atoms with Crippen LogP contribution >= 0.6 is 0 Å². The summed E-state index contributed by atoms with van der Waals surface area (Å²) >= 11 is 0. The number of hydrogen-bond donors (Lipinski definition) is 3. The number of phenolic OH excluding ortho intramolecular Hbond substituents is 3. The van der Waals surface area contributed by atoms with Crippen molar-refractivity contribution in [2.45, 2.75) is 40.0 Å².